The van der Waals surface area contributed by atoms with Crippen LogP contribution in [0.5, 0.6) is 0 Å². The summed E-state index contributed by atoms with van der Waals surface area (Å²) in [5.41, 5.74) is -0.102. The number of ketones is 1. The number of carbonyl (C=O) groups is 2. The van der Waals surface area contributed by atoms with E-state index in [1.807, 2.05) is 6.92 Å². The molecule has 0 saturated heterocycles. The molecule has 1 fully saturated rings. The minimum absolute atomic E-state index is 0.0695. The molecule has 4 nitrogen and oxygen atoms in total. The smallest absolute Gasteiger partial charge is 0.350 e. The molecule has 18 heavy (non-hydrogen) atoms. The number of Topliss-reactive ketones (excluding diaryl/α,β-unsaturated/α-hetero) is 1. The molecule has 2 aliphatic carbocycles. The topological polar surface area (TPSA) is 52.6 Å². The summed E-state index contributed by atoms with van der Waals surface area (Å²) in [5, 5.41) is 0. The van der Waals surface area contributed by atoms with Gasteiger partial charge in [0.05, 0.1) is 7.11 Å². The van der Waals surface area contributed by atoms with Crippen LogP contribution in [0.4, 0.5) is 0 Å². The van der Waals surface area contributed by atoms with Gasteiger partial charge in [-0.05, 0) is 25.2 Å². The van der Waals surface area contributed by atoms with Crippen molar-refractivity contribution >= 4 is 11.8 Å². The zero-order valence-electron chi connectivity index (χ0n) is 10.8. The van der Waals surface area contributed by atoms with E-state index in [1.54, 1.807) is 0 Å². The minimum Gasteiger partial charge on any atom is -0.479 e. The first kappa shape index (κ1) is 11.8. The van der Waals surface area contributed by atoms with E-state index in [0.29, 0.717) is 18.8 Å². The van der Waals surface area contributed by atoms with Gasteiger partial charge in [0.15, 0.2) is 5.78 Å². The van der Waals surface area contributed by atoms with E-state index in [9.17, 15) is 9.59 Å². The van der Waals surface area contributed by atoms with Crippen molar-refractivity contribution in [1.29, 1.82) is 0 Å². The van der Waals surface area contributed by atoms with Crippen molar-refractivity contribution in [3.05, 3.63) is 11.3 Å². The molecule has 0 amide bonds. The lowest BCUT2D eigenvalue weighted by Crippen LogP contribution is -2.42. The van der Waals surface area contributed by atoms with E-state index in [4.69, 9.17) is 9.47 Å². The molecular weight excluding hydrogens is 232 g/mol. The van der Waals surface area contributed by atoms with E-state index >= 15 is 0 Å². The molecule has 0 spiro atoms. The lowest BCUT2D eigenvalue weighted by molar-refractivity contribution is -0.164. The molecule has 3 aliphatic rings. The van der Waals surface area contributed by atoms with Crippen LogP contribution in [0.3, 0.4) is 0 Å². The van der Waals surface area contributed by atoms with Crippen molar-refractivity contribution in [2.75, 3.05) is 7.11 Å². The Kier molecular flexibility index (Phi) is 2.50. The second-order valence-corrected chi connectivity index (χ2v) is 5.70. The fourth-order valence-electron chi connectivity index (χ4n) is 3.72. The highest BCUT2D eigenvalue weighted by molar-refractivity contribution is 6.00. The molecule has 0 aromatic heterocycles. The summed E-state index contributed by atoms with van der Waals surface area (Å²) < 4.78 is 10.9. The van der Waals surface area contributed by atoms with Crippen molar-refractivity contribution < 1.29 is 19.1 Å². The largest absolute Gasteiger partial charge is 0.479 e. The fourth-order valence-corrected chi connectivity index (χ4v) is 3.72. The maximum Gasteiger partial charge on any atom is 0.350 e. The van der Waals surface area contributed by atoms with E-state index < -0.39 is 5.60 Å². The lowest BCUT2D eigenvalue weighted by atomic mass is 9.79. The first-order valence-corrected chi connectivity index (χ1v) is 6.62. The van der Waals surface area contributed by atoms with Gasteiger partial charge in [0.1, 0.15) is 5.76 Å². The number of carbonyl (C=O) groups excluding carboxylic acids is 2. The van der Waals surface area contributed by atoms with Gasteiger partial charge in [0.2, 0.25) is 5.60 Å². The number of allylic oxidation sites excluding steroid dienone is 1. The van der Waals surface area contributed by atoms with Crippen LogP contribution in [-0.4, -0.2) is 24.5 Å². The fraction of sp³-hybridized carbons (Fsp3) is 0.714. The van der Waals surface area contributed by atoms with Crippen molar-refractivity contribution in [3.63, 3.8) is 0 Å². The van der Waals surface area contributed by atoms with Gasteiger partial charge in [-0.2, -0.15) is 0 Å². The molecule has 0 aromatic carbocycles. The Hall–Kier alpha value is -1.32. The number of hydrogen-bond donors (Lipinski definition) is 0. The molecule has 1 heterocycles. The van der Waals surface area contributed by atoms with Gasteiger partial charge in [0, 0.05) is 24.3 Å². The number of rotatable bonds is 1. The van der Waals surface area contributed by atoms with Crippen LogP contribution in [-0.2, 0) is 19.1 Å². The molecule has 0 N–H and O–H groups in total. The Balaban J connectivity index is 2.00. The Morgan fingerprint density at radius 3 is 2.94 bits per heavy atom. The lowest BCUT2D eigenvalue weighted by Gasteiger charge is -2.26. The summed E-state index contributed by atoms with van der Waals surface area (Å²) in [7, 11) is 1.39. The summed E-state index contributed by atoms with van der Waals surface area (Å²) >= 11 is 0. The zero-order chi connectivity index (χ0) is 12.9. The zero-order valence-corrected chi connectivity index (χ0v) is 10.8. The van der Waals surface area contributed by atoms with E-state index in [2.05, 4.69) is 0 Å². The number of fused-ring (bicyclic) bond motifs is 2. The normalized spacial score (nSPS) is 38.2. The van der Waals surface area contributed by atoms with Crippen LogP contribution in [0, 0.1) is 11.8 Å². The molecule has 98 valence electrons. The van der Waals surface area contributed by atoms with Crippen LogP contribution >= 0.6 is 0 Å². The number of hydrogen-bond acceptors (Lipinski definition) is 4. The molecule has 1 saturated carbocycles. The van der Waals surface area contributed by atoms with Gasteiger partial charge in [-0.1, -0.05) is 6.92 Å². The molecule has 4 heteroatoms. The Labute approximate surface area is 106 Å². The standard InChI is InChI=1S/C14H18O4/c1-8-6-10(15)12-9-4-3-5-14(9,13(16)17-2)18-11(12)7-8/h8-9H,3-7H2,1-2H3/t8?,9-,14-/m0/s1. The third kappa shape index (κ3) is 1.38. The molecule has 0 aromatic rings. The van der Waals surface area contributed by atoms with Crippen LogP contribution in [0.2, 0.25) is 0 Å². The number of ether oxygens (including phenoxy) is 2. The van der Waals surface area contributed by atoms with Gasteiger partial charge in [-0.25, -0.2) is 4.79 Å². The average molecular weight is 250 g/mol. The maximum absolute atomic E-state index is 12.2. The molecule has 3 atom stereocenters. The third-order valence-corrected chi connectivity index (χ3v) is 4.46. The summed E-state index contributed by atoms with van der Waals surface area (Å²) in [4.78, 5) is 24.3. The number of esters is 1. The second kappa shape index (κ2) is 3.84. The van der Waals surface area contributed by atoms with Crippen molar-refractivity contribution in [2.24, 2.45) is 11.8 Å². The van der Waals surface area contributed by atoms with Crippen LogP contribution in [0.1, 0.15) is 39.0 Å². The van der Waals surface area contributed by atoms with Crippen LogP contribution in [0.25, 0.3) is 0 Å². The molecule has 0 radical (unpaired) electrons. The van der Waals surface area contributed by atoms with Crippen molar-refractivity contribution in [1.82, 2.24) is 0 Å². The number of methoxy groups -OCH3 is 1. The van der Waals surface area contributed by atoms with Gasteiger partial charge >= 0.3 is 5.97 Å². The van der Waals surface area contributed by atoms with E-state index in [-0.39, 0.29) is 17.7 Å². The van der Waals surface area contributed by atoms with E-state index in [0.717, 1.165) is 30.6 Å². The Morgan fingerprint density at radius 1 is 1.44 bits per heavy atom. The highest BCUT2D eigenvalue weighted by Crippen LogP contribution is 2.54. The first-order chi connectivity index (χ1) is 8.58. The molecule has 3 rings (SSSR count). The maximum atomic E-state index is 12.2. The Bertz CT molecular complexity index is 451. The first-order valence-electron chi connectivity index (χ1n) is 6.62. The highest BCUT2D eigenvalue weighted by Gasteiger charge is 2.60. The monoisotopic (exact) mass is 250 g/mol. The average Bonchev–Trinajstić information content (AvgIpc) is 2.83. The van der Waals surface area contributed by atoms with Gasteiger partial charge < -0.3 is 9.47 Å². The summed E-state index contributed by atoms with van der Waals surface area (Å²) in [6.45, 7) is 2.05. The predicted octanol–water partition coefficient (Wildman–Crippen LogP) is 1.98. The quantitative estimate of drug-likeness (QED) is 0.668. The van der Waals surface area contributed by atoms with E-state index in [1.165, 1.54) is 7.11 Å². The summed E-state index contributed by atoms with van der Waals surface area (Å²) in [6, 6.07) is 0. The van der Waals surface area contributed by atoms with Crippen LogP contribution < -0.4 is 0 Å². The third-order valence-electron chi connectivity index (χ3n) is 4.46. The van der Waals surface area contributed by atoms with Gasteiger partial charge in [-0.15, -0.1) is 0 Å². The Morgan fingerprint density at radius 2 is 2.22 bits per heavy atom. The SMILES string of the molecule is COC(=O)[C@]12CCC[C@H]1C1=C(CC(C)CC1=O)O2. The minimum atomic E-state index is -0.890. The highest BCUT2D eigenvalue weighted by atomic mass is 16.6. The van der Waals surface area contributed by atoms with Crippen molar-refractivity contribution in [2.45, 2.75) is 44.6 Å². The second-order valence-electron chi connectivity index (χ2n) is 5.70. The predicted molar refractivity (Wildman–Crippen MR) is 63.6 cm³/mol. The van der Waals surface area contributed by atoms with Gasteiger partial charge in [-0.3, -0.25) is 4.79 Å². The summed E-state index contributed by atoms with van der Waals surface area (Å²) in [5.74, 6) is 0.847. The van der Waals surface area contributed by atoms with Gasteiger partial charge in [0.25, 0.3) is 0 Å². The molecule has 1 aliphatic heterocycles. The molecule has 0 bridgehead atoms. The van der Waals surface area contributed by atoms with Crippen molar-refractivity contribution in [3.8, 4) is 0 Å². The van der Waals surface area contributed by atoms with Crippen LogP contribution in [0.15, 0.2) is 11.3 Å². The molecular formula is C14H18O4. The molecule has 1 unspecified atom stereocenters. The summed E-state index contributed by atoms with van der Waals surface area (Å²) in [6.07, 6.45) is 3.79.